The Morgan fingerprint density at radius 1 is 1.29 bits per heavy atom. The van der Waals surface area contributed by atoms with Crippen LogP contribution in [0.4, 0.5) is 5.69 Å². The molecule has 1 aromatic carbocycles. The molecule has 3 heteroatoms. The van der Waals surface area contributed by atoms with Crippen LogP contribution in [-0.4, -0.2) is 11.6 Å². The molecule has 0 atom stereocenters. The number of nitrogens with two attached hydrogens (primary N) is 1. The predicted octanol–water partition coefficient (Wildman–Crippen LogP) is 3.03. The molecule has 1 aliphatic rings. The lowest BCUT2D eigenvalue weighted by Gasteiger charge is -2.11. The van der Waals surface area contributed by atoms with Crippen LogP contribution in [-0.2, 0) is 12.8 Å². The molecule has 3 rings (SSSR count). The fourth-order valence-corrected chi connectivity index (χ4v) is 2.73. The lowest BCUT2D eigenvalue weighted by atomic mass is 9.95. The first-order chi connectivity index (χ1) is 8.29. The number of hydrogen-bond acceptors (Lipinski definition) is 2. The van der Waals surface area contributed by atoms with Gasteiger partial charge in [0.2, 0.25) is 0 Å². The molecule has 0 saturated heterocycles. The molecule has 0 unspecified atom stereocenters. The topological polar surface area (TPSA) is 51.0 Å². The van der Waals surface area contributed by atoms with Gasteiger partial charge >= 0.3 is 0 Å². The van der Waals surface area contributed by atoms with Crippen LogP contribution in [0.3, 0.4) is 0 Å². The number of benzene rings is 1. The number of ether oxygens (including phenoxy) is 1. The van der Waals surface area contributed by atoms with E-state index in [0.717, 1.165) is 23.4 Å². The monoisotopic (exact) mass is 230 g/mol. The molecule has 0 saturated carbocycles. The molecule has 90 valence electrons. The van der Waals surface area contributed by atoms with Gasteiger partial charge in [-0.05, 0) is 50.3 Å². The summed E-state index contributed by atoms with van der Waals surface area (Å²) in [6, 6.07) is 4.09. The maximum Gasteiger partial charge on any atom is 0.142 e. The van der Waals surface area contributed by atoms with Crippen LogP contribution in [0.15, 0.2) is 12.1 Å². The molecular formula is C14H18N2O. The molecule has 0 bridgehead atoms. The number of aryl methyl sites for hydroxylation is 2. The van der Waals surface area contributed by atoms with Gasteiger partial charge in [0.1, 0.15) is 5.75 Å². The van der Waals surface area contributed by atoms with Crippen molar-refractivity contribution in [2.75, 3.05) is 12.3 Å². The number of nitrogen functional groups attached to an aromatic ring is 1. The van der Waals surface area contributed by atoms with E-state index < -0.39 is 0 Å². The highest BCUT2D eigenvalue weighted by Crippen LogP contribution is 2.34. The molecule has 1 aliphatic carbocycles. The Labute approximate surface area is 101 Å². The number of rotatable bonds is 2. The first-order valence-electron chi connectivity index (χ1n) is 6.35. The van der Waals surface area contributed by atoms with Crippen molar-refractivity contribution >= 4 is 16.6 Å². The van der Waals surface area contributed by atoms with Crippen LogP contribution in [0.2, 0.25) is 0 Å². The van der Waals surface area contributed by atoms with Gasteiger partial charge in [-0.3, -0.25) is 0 Å². The van der Waals surface area contributed by atoms with Crippen LogP contribution >= 0.6 is 0 Å². The standard InChI is InChI=1S/C14H18N2O/c1-2-17-14-7-10-9-5-3-4-6-12(9)16-13(10)8-11(14)15/h7-8,16H,2-6,15H2,1H3. The fraction of sp³-hybridized carbons (Fsp3) is 0.429. The van der Waals surface area contributed by atoms with Crippen molar-refractivity contribution in [2.24, 2.45) is 0 Å². The maximum atomic E-state index is 5.99. The summed E-state index contributed by atoms with van der Waals surface area (Å²) >= 11 is 0. The smallest absolute Gasteiger partial charge is 0.142 e. The zero-order valence-corrected chi connectivity index (χ0v) is 10.2. The molecule has 0 fully saturated rings. The van der Waals surface area contributed by atoms with E-state index in [0.29, 0.717) is 6.61 Å². The van der Waals surface area contributed by atoms with E-state index in [1.54, 1.807) is 0 Å². The Hall–Kier alpha value is -1.64. The highest BCUT2D eigenvalue weighted by Gasteiger charge is 2.16. The summed E-state index contributed by atoms with van der Waals surface area (Å²) in [6.07, 6.45) is 4.90. The van der Waals surface area contributed by atoms with Gasteiger partial charge in [0.25, 0.3) is 0 Å². The number of H-pyrrole nitrogens is 1. The summed E-state index contributed by atoms with van der Waals surface area (Å²) in [6.45, 7) is 2.64. The van der Waals surface area contributed by atoms with Gasteiger partial charge in [0, 0.05) is 16.6 Å². The van der Waals surface area contributed by atoms with Crippen molar-refractivity contribution in [1.82, 2.24) is 4.98 Å². The van der Waals surface area contributed by atoms with Crippen LogP contribution in [0.5, 0.6) is 5.75 Å². The zero-order chi connectivity index (χ0) is 11.8. The molecule has 3 N–H and O–H groups in total. The average molecular weight is 230 g/mol. The molecule has 0 radical (unpaired) electrons. The lowest BCUT2D eigenvalue weighted by molar-refractivity contribution is 0.342. The van der Waals surface area contributed by atoms with Crippen LogP contribution < -0.4 is 10.5 Å². The largest absolute Gasteiger partial charge is 0.492 e. The third kappa shape index (κ3) is 1.66. The molecule has 17 heavy (non-hydrogen) atoms. The first-order valence-corrected chi connectivity index (χ1v) is 6.35. The highest BCUT2D eigenvalue weighted by atomic mass is 16.5. The maximum absolute atomic E-state index is 5.99. The third-order valence-electron chi connectivity index (χ3n) is 3.53. The Bertz CT molecular complexity index is 557. The molecule has 3 nitrogen and oxygen atoms in total. The predicted molar refractivity (Wildman–Crippen MR) is 70.5 cm³/mol. The van der Waals surface area contributed by atoms with E-state index in [4.69, 9.17) is 10.5 Å². The third-order valence-corrected chi connectivity index (χ3v) is 3.53. The van der Waals surface area contributed by atoms with E-state index in [1.807, 2.05) is 13.0 Å². The van der Waals surface area contributed by atoms with Crippen molar-refractivity contribution < 1.29 is 4.74 Å². The second-order valence-electron chi connectivity index (χ2n) is 4.66. The first kappa shape index (κ1) is 10.5. The van der Waals surface area contributed by atoms with Gasteiger partial charge in [-0.15, -0.1) is 0 Å². The van der Waals surface area contributed by atoms with Gasteiger partial charge < -0.3 is 15.5 Å². The van der Waals surface area contributed by atoms with E-state index in [1.165, 1.54) is 35.9 Å². The van der Waals surface area contributed by atoms with E-state index in [9.17, 15) is 0 Å². The molecule has 1 aromatic heterocycles. The van der Waals surface area contributed by atoms with Crippen LogP contribution in [0.1, 0.15) is 31.0 Å². The minimum absolute atomic E-state index is 0.655. The van der Waals surface area contributed by atoms with Crippen molar-refractivity contribution in [2.45, 2.75) is 32.6 Å². The number of anilines is 1. The minimum atomic E-state index is 0.655. The normalized spacial score (nSPS) is 14.9. The Balaban J connectivity index is 2.19. The number of nitrogens with one attached hydrogen (secondary N) is 1. The van der Waals surface area contributed by atoms with Crippen molar-refractivity contribution in [1.29, 1.82) is 0 Å². The fourth-order valence-electron chi connectivity index (χ4n) is 2.73. The van der Waals surface area contributed by atoms with Crippen LogP contribution in [0.25, 0.3) is 10.9 Å². The van der Waals surface area contributed by atoms with E-state index in [2.05, 4.69) is 11.1 Å². The minimum Gasteiger partial charge on any atom is -0.492 e. The molecular weight excluding hydrogens is 212 g/mol. The molecule has 0 aliphatic heterocycles. The molecule has 1 heterocycles. The Morgan fingerprint density at radius 3 is 2.94 bits per heavy atom. The summed E-state index contributed by atoms with van der Waals surface area (Å²) in [7, 11) is 0. The van der Waals surface area contributed by atoms with Crippen molar-refractivity contribution in [3.63, 3.8) is 0 Å². The number of aromatic nitrogens is 1. The molecule has 2 aromatic rings. The van der Waals surface area contributed by atoms with Crippen molar-refractivity contribution in [3.8, 4) is 5.75 Å². The van der Waals surface area contributed by atoms with E-state index in [-0.39, 0.29) is 0 Å². The summed E-state index contributed by atoms with van der Waals surface area (Å²) in [5.74, 6) is 0.812. The molecule has 0 amide bonds. The summed E-state index contributed by atoms with van der Waals surface area (Å²) < 4.78 is 5.57. The van der Waals surface area contributed by atoms with E-state index >= 15 is 0 Å². The van der Waals surface area contributed by atoms with Gasteiger partial charge in [0.05, 0.1) is 12.3 Å². The number of fused-ring (bicyclic) bond motifs is 3. The lowest BCUT2D eigenvalue weighted by Crippen LogP contribution is -2.00. The molecule has 0 spiro atoms. The van der Waals surface area contributed by atoms with Gasteiger partial charge in [-0.1, -0.05) is 0 Å². The second-order valence-corrected chi connectivity index (χ2v) is 4.66. The van der Waals surface area contributed by atoms with Gasteiger partial charge in [-0.25, -0.2) is 0 Å². The van der Waals surface area contributed by atoms with Crippen molar-refractivity contribution in [3.05, 3.63) is 23.4 Å². The summed E-state index contributed by atoms with van der Waals surface area (Å²) in [5, 5.41) is 1.29. The quantitative estimate of drug-likeness (QED) is 0.779. The van der Waals surface area contributed by atoms with Gasteiger partial charge in [0.15, 0.2) is 0 Å². The summed E-state index contributed by atoms with van der Waals surface area (Å²) in [4.78, 5) is 3.49. The summed E-state index contributed by atoms with van der Waals surface area (Å²) in [5.41, 5.74) is 10.7. The average Bonchev–Trinajstić information content (AvgIpc) is 2.67. The number of aromatic amines is 1. The second kappa shape index (κ2) is 3.99. The SMILES string of the molecule is CCOc1cc2c3c([nH]c2cc1N)CCCC3. The Kier molecular flexibility index (Phi) is 2.46. The highest BCUT2D eigenvalue weighted by molar-refractivity contribution is 5.90. The zero-order valence-electron chi connectivity index (χ0n) is 10.2. The number of hydrogen-bond donors (Lipinski definition) is 2. The van der Waals surface area contributed by atoms with Crippen LogP contribution in [0, 0.1) is 0 Å². The Morgan fingerprint density at radius 2 is 2.12 bits per heavy atom. The van der Waals surface area contributed by atoms with Gasteiger partial charge in [-0.2, -0.15) is 0 Å².